The molecule has 0 bridgehead atoms. The number of oxime groups is 1. The first-order chi connectivity index (χ1) is 10.6. The molecule has 1 aromatic carbocycles. The Labute approximate surface area is 133 Å². The van der Waals surface area contributed by atoms with E-state index in [0.717, 1.165) is 31.4 Å². The highest BCUT2D eigenvalue weighted by atomic mass is 35.5. The molecule has 2 heterocycles. The summed E-state index contributed by atoms with van der Waals surface area (Å²) in [6, 6.07) is 4.45. The van der Waals surface area contributed by atoms with E-state index in [2.05, 4.69) is 5.16 Å². The lowest BCUT2D eigenvalue weighted by atomic mass is 9.78. The molecule has 3 aliphatic rings. The number of hydrogen-bond donors (Lipinski definition) is 0. The van der Waals surface area contributed by atoms with Crippen molar-refractivity contribution >= 4 is 17.3 Å². The van der Waals surface area contributed by atoms with Crippen molar-refractivity contribution in [2.45, 2.75) is 43.5 Å². The van der Waals surface area contributed by atoms with Gasteiger partial charge in [-0.3, -0.25) is 0 Å². The van der Waals surface area contributed by atoms with Gasteiger partial charge in [0.15, 0.2) is 5.79 Å². The third kappa shape index (κ3) is 2.51. The molecule has 4 rings (SSSR count). The average Bonchev–Trinajstić information content (AvgIpc) is 3.10. The van der Waals surface area contributed by atoms with Crippen LogP contribution in [0.1, 0.15) is 37.7 Å². The average molecular weight is 326 g/mol. The first-order valence-corrected chi connectivity index (χ1v) is 7.96. The third-order valence-electron chi connectivity index (χ3n) is 4.77. The Balaban J connectivity index is 1.48. The molecule has 1 aliphatic carbocycles. The van der Waals surface area contributed by atoms with E-state index in [0.29, 0.717) is 30.2 Å². The summed E-state index contributed by atoms with van der Waals surface area (Å²) in [5, 5.41) is 4.56. The summed E-state index contributed by atoms with van der Waals surface area (Å²) in [4.78, 5) is 5.74. The molecule has 2 aliphatic heterocycles. The lowest BCUT2D eigenvalue weighted by molar-refractivity contribution is -0.206. The van der Waals surface area contributed by atoms with Crippen molar-refractivity contribution in [1.29, 1.82) is 0 Å². The molecule has 0 radical (unpaired) electrons. The van der Waals surface area contributed by atoms with Gasteiger partial charge in [0.25, 0.3) is 0 Å². The SMILES string of the molecule is Fc1cc(Cl)cc(C2=NOC3(CCC4(CC3)OCCO4)C2)c1. The minimum Gasteiger partial charge on any atom is -0.389 e. The summed E-state index contributed by atoms with van der Waals surface area (Å²) in [5.74, 6) is -0.777. The Morgan fingerprint density at radius 2 is 1.77 bits per heavy atom. The van der Waals surface area contributed by atoms with Gasteiger partial charge in [-0.25, -0.2) is 4.39 Å². The number of hydrogen-bond acceptors (Lipinski definition) is 4. The molecule has 2 spiro atoms. The minimum atomic E-state index is -0.417. The van der Waals surface area contributed by atoms with E-state index in [4.69, 9.17) is 25.9 Å². The van der Waals surface area contributed by atoms with Gasteiger partial charge in [0.1, 0.15) is 11.4 Å². The number of benzene rings is 1. The van der Waals surface area contributed by atoms with Crippen molar-refractivity contribution < 1.29 is 18.7 Å². The first-order valence-electron chi connectivity index (χ1n) is 7.58. The van der Waals surface area contributed by atoms with Crippen LogP contribution < -0.4 is 0 Å². The van der Waals surface area contributed by atoms with Gasteiger partial charge in [-0.05, 0) is 31.0 Å². The highest BCUT2D eigenvalue weighted by Gasteiger charge is 2.50. The van der Waals surface area contributed by atoms with Crippen LogP contribution in [0, 0.1) is 5.82 Å². The van der Waals surface area contributed by atoms with E-state index < -0.39 is 5.79 Å². The van der Waals surface area contributed by atoms with Crippen LogP contribution in [0.2, 0.25) is 5.02 Å². The molecule has 0 aromatic heterocycles. The van der Waals surface area contributed by atoms with Crippen molar-refractivity contribution in [3.8, 4) is 0 Å². The second-order valence-electron chi connectivity index (χ2n) is 6.25. The van der Waals surface area contributed by atoms with Crippen LogP contribution in [0.4, 0.5) is 4.39 Å². The van der Waals surface area contributed by atoms with E-state index in [1.807, 2.05) is 0 Å². The predicted molar refractivity (Wildman–Crippen MR) is 79.5 cm³/mol. The lowest BCUT2D eigenvalue weighted by Gasteiger charge is -2.39. The fraction of sp³-hybridized carbons (Fsp3) is 0.562. The zero-order valence-corrected chi connectivity index (χ0v) is 12.9. The maximum atomic E-state index is 13.5. The summed E-state index contributed by atoms with van der Waals surface area (Å²) >= 11 is 5.92. The van der Waals surface area contributed by atoms with Gasteiger partial charge < -0.3 is 14.3 Å². The van der Waals surface area contributed by atoms with E-state index >= 15 is 0 Å². The molecule has 22 heavy (non-hydrogen) atoms. The maximum Gasteiger partial charge on any atom is 0.168 e. The van der Waals surface area contributed by atoms with Crippen molar-refractivity contribution in [2.24, 2.45) is 5.16 Å². The molecule has 1 aromatic rings. The topological polar surface area (TPSA) is 40.0 Å². The van der Waals surface area contributed by atoms with Crippen LogP contribution in [0.25, 0.3) is 0 Å². The van der Waals surface area contributed by atoms with E-state index in [9.17, 15) is 4.39 Å². The zero-order valence-electron chi connectivity index (χ0n) is 12.1. The van der Waals surface area contributed by atoms with Crippen molar-refractivity contribution in [3.05, 3.63) is 34.6 Å². The van der Waals surface area contributed by atoms with Crippen LogP contribution in [0.3, 0.4) is 0 Å². The minimum absolute atomic E-state index is 0.311. The molecule has 1 saturated carbocycles. The van der Waals surface area contributed by atoms with Gasteiger partial charge in [0.05, 0.1) is 18.9 Å². The van der Waals surface area contributed by atoms with Crippen molar-refractivity contribution in [3.63, 3.8) is 0 Å². The zero-order chi connectivity index (χ0) is 15.2. The van der Waals surface area contributed by atoms with Gasteiger partial charge in [0, 0.05) is 29.8 Å². The molecule has 0 amide bonds. The first kappa shape index (κ1) is 14.4. The number of ether oxygens (including phenoxy) is 2. The van der Waals surface area contributed by atoms with Crippen molar-refractivity contribution in [1.82, 2.24) is 0 Å². The van der Waals surface area contributed by atoms with Gasteiger partial charge in [-0.2, -0.15) is 0 Å². The van der Waals surface area contributed by atoms with Gasteiger partial charge in [0.2, 0.25) is 0 Å². The van der Waals surface area contributed by atoms with Crippen LogP contribution in [0.5, 0.6) is 0 Å². The predicted octanol–water partition coefficient (Wildman–Crippen LogP) is 3.66. The Kier molecular flexibility index (Phi) is 3.40. The fourth-order valence-electron chi connectivity index (χ4n) is 3.54. The Morgan fingerprint density at radius 3 is 2.45 bits per heavy atom. The molecule has 0 N–H and O–H groups in total. The summed E-state index contributed by atoms with van der Waals surface area (Å²) in [6.45, 7) is 1.33. The molecular formula is C16H17ClFNO3. The second-order valence-corrected chi connectivity index (χ2v) is 6.69. The van der Waals surface area contributed by atoms with E-state index in [1.165, 1.54) is 12.1 Å². The van der Waals surface area contributed by atoms with Crippen LogP contribution >= 0.6 is 11.6 Å². The van der Waals surface area contributed by atoms with Crippen LogP contribution in [0.15, 0.2) is 23.4 Å². The summed E-state index contributed by atoms with van der Waals surface area (Å²) in [6.07, 6.45) is 3.92. The standard InChI is InChI=1S/C16H17ClFNO3/c17-12-7-11(8-13(18)9-12)14-10-15(22-19-14)1-3-16(4-2-15)20-5-6-21-16/h7-9H,1-6,10H2. The number of nitrogens with zero attached hydrogens (tertiary/aromatic N) is 1. The highest BCUT2D eigenvalue weighted by Crippen LogP contribution is 2.46. The molecule has 0 unspecified atom stereocenters. The molecule has 118 valence electrons. The van der Waals surface area contributed by atoms with E-state index in [1.54, 1.807) is 6.07 Å². The Bertz CT molecular complexity index is 598. The molecule has 2 fully saturated rings. The summed E-state index contributed by atoms with van der Waals surface area (Å²) in [7, 11) is 0. The Hall–Kier alpha value is -1.17. The van der Waals surface area contributed by atoms with Gasteiger partial charge in [-0.15, -0.1) is 0 Å². The molecular weight excluding hydrogens is 309 g/mol. The molecule has 0 atom stereocenters. The highest BCUT2D eigenvalue weighted by molar-refractivity contribution is 6.31. The molecule has 6 heteroatoms. The Morgan fingerprint density at radius 1 is 1.05 bits per heavy atom. The normalized spacial score (nSPS) is 25.5. The summed E-state index contributed by atoms with van der Waals surface area (Å²) in [5.41, 5.74) is 1.13. The fourth-order valence-corrected chi connectivity index (χ4v) is 3.76. The maximum absolute atomic E-state index is 13.5. The van der Waals surface area contributed by atoms with Crippen LogP contribution in [-0.4, -0.2) is 30.3 Å². The van der Waals surface area contributed by atoms with Gasteiger partial charge in [-0.1, -0.05) is 16.8 Å². The number of rotatable bonds is 1. The van der Waals surface area contributed by atoms with Crippen LogP contribution in [-0.2, 0) is 14.3 Å². The lowest BCUT2D eigenvalue weighted by Crippen LogP contribution is -2.43. The summed E-state index contributed by atoms with van der Waals surface area (Å²) < 4.78 is 25.0. The van der Waals surface area contributed by atoms with E-state index in [-0.39, 0.29) is 11.4 Å². The third-order valence-corrected chi connectivity index (χ3v) is 4.99. The van der Waals surface area contributed by atoms with Gasteiger partial charge >= 0.3 is 0 Å². The smallest absolute Gasteiger partial charge is 0.168 e. The molecule has 4 nitrogen and oxygen atoms in total. The quantitative estimate of drug-likeness (QED) is 0.791. The largest absolute Gasteiger partial charge is 0.389 e. The second kappa shape index (κ2) is 5.18. The monoisotopic (exact) mass is 325 g/mol. The number of halogens is 2. The molecule has 1 saturated heterocycles. The van der Waals surface area contributed by atoms with Crippen molar-refractivity contribution in [2.75, 3.05) is 13.2 Å².